The van der Waals surface area contributed by atoms with Crippen molar-refractivity contribution in [2.75, 3.05) is 0 Å². The van der Waals surface area contributed by atoms with Gasteiger partial charge in [-0.1, -0.05) is 24.3 Å². The summed E-state index contributed by atoms with van der Waals surface area (Å²) in [6, 6.07) is 17.7. The Morgan fingerprint density at radius 3 is 2.64 bits per heavy atom. The van der Waals surface area contributed by atoms with E-state index in [4.69, 9.17) is 5.10 Å². The first-order valence-corrected chi connectivity index (χ1v) is 9.71. The van der Waals surface area contributed by atoms with Gasteiger partial charge in [-0.2, -0.15) is 5.10 Å². The molecule has 1 N–H and O–H groups in total. The van der Waals surface area contributed by atoms with Gasteiger partial charge < -0.3 is 5.32 Å². The van der Waals surface area contributed by atoms with Gasteiger partial charge >= 0.3 is 0 Å². The standard InChI is InChI=1S/C22H18N4OS/c27-21(24-15-17-10-12-23-13-11-17)9-8-18-16-26(19-5-2-1-3-6-19)25-22(18)20-7-4-14-28-20/h1-14,16H,15H2,(H,24,27). The van der Waals surface area contributed by atoms with E-state index in [1.807, 2.05) is 76.9 Å². The molecule has 0 unspecified atom stereocenters. The molecule has 138 valence electrons. The molecule has 0 aliphatic heterocycles. The fourth-order valence-corrected chi connectivity index (χ4v) is 3.47. The van der Waals surface area contributed by atoms with Crippen LogP contribution in [0.1, 0.15) is 11.1 Å². The first kappa shape index (κ1) is 17.9. The molecule has 0 atom stereocenters. The Morgan fingerprint density at radius 1 is 1.07 bits per heavy atom. The molecule has 1 aromatic carbocycles. The lowest BCUT2D eigenvalue weighted by Crippen LogP contribution is -2.20. The van der Waals surface area contributed by atoms with Crippen LogP contribution in [0.5, 0.6) is 0 Å². The highest BCUT2D eigenvalue weighted by molar-refractivity contribution is 7.13. The van der Waals surface area contributed by atoms with E-state index in [1.165, 1.54) is 0 Å². The number of rotatable bonds is 6. The van der Waals surface area contributed by atoms with Crippen LogP contribution in [-0.4, -0.2) is 20.7 Å². The molecule has 4 aromatic rings. The average molecular weight is 386 g/mol. The second kappa shape index (κ2) is 8.45. The normalized spacial score (nSPS) is 11.0. The fourth-order valence-electron chi connectivity index (χ4n) is 2.74. The molecule has 0 radical (unpaired) electrons. The van der Waals surface area contributed by atoms with Crippen LogP contribution >= 0.6 is 11.3 Å². The predicted octanol–water partition coefficient (Wildman–Crippen LogP) is 4.33. The molecule has 0 bridgehead atoms. The van der Waals surface area contributed by atoms with Gasteiger partial charge in [-0.05, 0) is 47.4 Å². The number of nitrogens with zero attached hydrogens (tertiary/aromatic N) is 3. The molecule has 0 aliphatic rings. The largest absolute Gasteiger partial charge is 0.348 e. The summed E-state index contributed by atoms with van der Waals surface area (Å²) in [5.74, 6) is -0.151. The zero-order valence-corrected chi connectivity index (χ0v) is 15.8. The van der Waals surface area contributed by atoms with Crippen molar-refractivity contribution in [3.05, 3.63) is 95.8 Å². The summed E-state index contributed by atoms with van der Waals surface area (Å²) in [6.07, 6.45) is 8.72. The third-order valence-electron chi connectivity index (χ3n) is 4.15. The number of amides is 1. The monoisotopic (exact) mass is 386 g/mol. The summed E-state index contributed by atoms with van der Waals surface area (Å²) < 4.78 is 1.84. The van der Waals surface area contributed by atoms with Crippen molar-refractivity contribution in [1.29, 1.82) is 0 Å². The van der Waals surface area contributed by atoms with Crippen LogP contribution in [0, 0.1) is 0 Å². The summed E-state index contributed by atoms with van der Waals surface area (Å²) in [6.45, 7) is 0.465. The van der Waals surface area contributed by atoms with Gasteiger partial charge in [0, 0.05) is 36.8 Å². The molecule has 0 spiro atoms. The van der Waals surface area contributed by atoms with Gasteiger partial charge in [0.15, 0.2) is 0 Å². The number of aromatic nitrogens is 3. The van der Waals surface area contributed by atoms with E-state index in [2.05, 4.69) is 10.3 Å². The minimum atomic E-state index is -0.151. The number of carbonyl (C=O) groups excluding carboxylic acids is 1. The van der Waals surface area contributed by atoms with Crippen LogP contribution in [0.2, 0.25) is 0 Å². The first-order valence-electron chi connectivity index (χ1n) is 8.83. The molecule has 0 saturated heterocycles. The van der Waals surface area contributed by atoms with E-state index >= 15 is 0 Å². The Hall–Kier alpha value is -3.51. The molecule has 0 saturated carbocycles. The molecule has 28 heavy (non-hydrogen) atoms. The van der Waals surface area contributed by atoms with Gasteiger partial charge in [-0.25, -0.2) is 4.68 Å². The third-order valence-corrected chi connectivity index (χ3v) is 5.02. The van der Waals surface area contributed by atoms with Gasteiger partial charge in [0.05, 0.1) is 10.6 Å². The van der Waals surface area contributed by atoms with E-state index in [0.29, 0.717) is 6.54 Å². The number of benzene rings is 1. The fraction of sp³-hybridized carbons (Fsp3) is 0.0455. The lowest BCUT2D eigenvalue weighted by atomic mass is 10.2. The van der Waals surface area contributed by atoms with E-state index < -0.39 is 0 Å². The van der Waals surface area contributed by atoms with Crippen molar-refractivity contribution < 1.29 is 4.79 Å². The molecule has 1 amide bonds. The van der Waals surface area contributed by atoms with Crippen LogP contribution in [0.4, 0.5) is 0 Å². The number of nitrogens with one attached hydrogen (secondary N) is 1. The molecule has 5 nitrogen and oxygen atoms in total. The molecule has 0 fully saturated rings. The molecular formula is C22H18N4OS. The number of pyridine rings is 1. The highest BCUT2D eigenvalue weighted by Crippen LogP contribution is 2.28. The van der Waals surface area contributed by atoms with Gasteiger partial charge in [0.1, 0.15) is 5.69 Å². The first-order chi connectivity index (χ1) is 13.8. The van der Waals surface area contributed by atoms with Crippen molar-refractivity contribution in [2.45, 2.75) is 6.54 Å². The molecule has 6 heteroatoms. The van der Waals surface area contributed by atoms with E-state index in [0.717, 1.165) is 27.4 Å². The summed E-state index contributed by atoms with van der Waals surface area (Å²) in [5, 5.41) is 9.64. The number of thiophene rings is 1. The van der Waals surface area contributed by atoms with E-state index in [9.17, 15) is 4.79 Å². The zero-order valence-electron chi connectivity index (χ0n) is 15.0. The SMILES string of the molecule is O=C(C=Cc1cn(-c2ccccc2)nc1-c1cccs1)NCc1ccncc1. The minimum absolute atomic E-state index is 0.151. The van der Waals surface area contributed by atoms with Gasteiger partial charge in [0.2, 0.25) is 5.91 Å². The maximum Gasteiger partial charge on any atom is 0.244 e. The van der Waals surface area contributed by atoms with Crippen molar-refractivity contribution in [3.63, 3.8) is 0 Å². The smallest absolute Gasteiger partial charge is 0.244 e. The topological polar surface area (TPSA) is 59.8 Å². The molecule has 0 aliphatic carbocycles. The lowest BCUT2D eigenvalue weighted by molar-refractivity contribution is -0.116. The number of para-hydroxylation sites is 1. The Balaban J connectivity index is 1.55. The maximum atomic E-state index is 12.2. The van der Waals surface area contributed by atoms with Crippen molar-refractivity contribution >= 4 is 23.3 Å². The lowest BCUT2D eigenvalue weighted by Gasteiger charge is -2.01. The van der Waals surface area contributed by atoms with Crippen LogP contribution in [0.25, 0.3) is 22.3 Å². The average Bonchev–Trinajstić information content (AvgIpc) is 3.42. The Morgan fingerprint density at radius 2 is 1.89 bits per heavy atom. The summed E-state index contributed by atoms with van der Waals surface area (Å²) in [4.78, 5) is 17.3. The van der Waals surface area contributed by atoms with Crippen molar-refractivity contribution in [1.82, 2.24) is 20.1 Å². The summed E-state index contributed by atoms with van der Waals surface area (Å²) in [7, 11) is 0. The molecule has 3 aromatic heterocycles. The van der Waals surface area contributed by atoms with E-state index in [1.54, 1.807) is 29.8 Å². The van der Waals surface area contributed by atoms with Crippen LogP contribution in [-0.2, 0) is 11.3 Å². The Labute approximate surface area is 167 Å². The second-order valence-corrected chi connectivity index (χ2v) is 7.04. The second-order valence-electron chi connectivity index (χ2n) is 6.10. The quantitative estimate of drug-likeness (QED) is 0.502. The zero-order chi connectivity index (χ0) is 19.2. The summed E-state index contributed by atoms with van der Waals surface area (Å²) in [5.41, 5.74) is 3.73. The number of hydrogen-bond donors (Lipinski definition) is 1. The Bertz CT molecular complexity index is 1070. The van der Waals surface area contributed by atoms with Crippen LogP contribution < -0.4 is 5.32 Å². The highest BCUT2D eigenvalue weighted by atomic mass is 32.1. The molecular weight excluding hydrogens is 368 g/mol. The van der Waals surface area contributed by atoms with Crippen LogP contribution in [0.3, 0.4) is 0 Å². The van der Waals surface area contributed by atoms with Crippen molar-refractivity contribution in [3.8, 4) is 16.3 Å². The number of hydrogen-bond acceptors (Lipinski definition) is 4. The summed E-state index contributed by atoms with van der Waals surface area (Å²) >= 11 is 1.62. The van der Waals surface area contributed by atoms with Crippen LogP contribution in [0.15, 0.2) is 84.6 Å². The highest BCUT2D eigenvalue weighted by Gasteiger charge is 2.11. The van der Waals surface area contributed by atoms with Crippen molar-refractivity contribution in [2.24, 2.45) is 0 Å². The maximum absolute atomic E-state index is 12.2. The number of carbonyl (C=O) groups is 1. The third kappa shape index (κ3) is 4.24. The minimum Gasteiger partial charge on any atom is -0.348 e. The van der Waals surface area contributed by atoms with Gasteiger partial charge in [-0.3, -0.25) is 9.78 Å². The molecule has 4 rings (SSSR count). The van der Waals surface area contributed by atoms with Gasteiger partial charge in [0.25, 0.3) is 0 Å². The Kier molecular flexibility index (Phi) is 5.40. The predicted molar refractivity (Wildman–Crippen MR) is 112 cm³/mol. The molecule has 3 heterocycles. The van der Waals surface area contributed by atoms with E-state index in [-0.39, 0.29) is 5.91 Å². The van der Waals surface area contributed by atoms with Gasteiger partial charge in [-0.15, -0.1) is 11.3 Å².